The Balaban J connectivity index is 1.96. The van der Waals surface area contributed by atoms with Crippen molar-refractivity contribution < 1.29 is 4.39 Å². The first-order valence-electron chi connectivity index (χ1n) is 6.42. The summed E-state index contributed by atoms with van der Waals surface area (Å²) in [6, 6.07) is 6.15. The van der Waals surface area contributed by atoms with Crippen molar-refractivity contribution in [2.45, 2.75) is 19.4 Å². The molecule has 0 unspecified atom stereocenters. The van der Waals surface area contributed by atoms with Gasteiger partial charge < -0.3 is 5.32 Å². The van der Waals surface area contributed by atoms with Crippen LogP contribution in [0, 0.1) is 5.82 Å². The number of rotatable bonds is 2. The summed E-state index contributed by atoms with van der Waals surface area (Å²) in [7, 11) is 0. The Morgan fingerprint density at radius 1 is 1.35 bits per heavy atom. The van der Waals surface area contributed by atoms with Crippen molar-refractivity contribution in [3.8, 4) is 0 Å². The highest BCUT2D eigenvalue weighted by molar-refractivity contribution is 9.10. The molecule has 1 aromatic heterocycles. The maximum Gasteiger partial charge on any atom is 0.269 e. The highest BCUT2D eigenvalue weighted by atomic mass is 79.9. The van der Waals surface area contributed by atoms with Gasteiger partial charge in [-0.1, -0.05) is 15.9 Å². The fraction of sp³-hybridized carbons (Fsp3) is 0.286. The van der Waals surface area contributed by atoms with Gasteiger partial charge in [0, 0.05) is 17.1 Å². The van der Waals surface area contributed by atoms with Gasteiger partial charge in [-0.3, -0.25) is 4.79 Å². The monoisotopic (exact) mass is 337 g/mol. The zero-order chi connectivity index (χ0) is 14.1. The Labute approximate surface area is 123 Å². The summed E-state index contributed by atoms with van der Waals surface area (Å²) in [5.74, 6) is -0.331. The molecule has 4 nitrogen and oxygen atoms in total. The molecule has 104 valence electrons. The van der Waals surface area contributed by atoms with Crippen LogP contribution >= 0.6 is 15.9 Å². The molecule has 2 aromatic rings. The normalized spacial score (nSPS) is 13.7. The van der Waals surface area contributed by atoms with Gasteiger partial charge in [-0.05, 0) is 36.6 Å². The van der Waals surface area contributed by atoms with E-state index in [0.717, 1.165) is 30.8 Å². The average molecular weight is 338 g/mol. The molecule has 1 aliphatic heterocycles. The molecule has 1 aromatic carbocycles. The molecule has 20 heavy (non-hydrogen) atoms. The van der Waals surface area contributed by atoms with Gasteiger partial charge in [0.2, 0.25) is 0 Å². The van der Waals surface area contributed by atoms with E-state index in [1.165, 1.54) is 16.8 Å². The summed E-state index contributed by atoms with van der Waals surface area (Å²) in [6.07, 6.45) is 1.86. The molecule has 0 atom stereocenters. The van der Waals surface area contributed by atoms with Gasteiger partial charge in [0.15, 0.2) is 0 Å². The van der Waals surface area contributed by atoms with Crippen molar-refractivity contribution in [2.75, 3.05) is 11.9 Å². The van der Waals surface area contributed by atoms with Crippen LogP contribution in [0.4, 0.5) is 10.1 Å². The summed E-state index contributed by atoms with van der Waals surface area (Å²) >= 11 is 3.25. The average Bonchev–Trinajstić information content (AvgIpc) is 2.38. The topological polar surface area (TPSA) is 46.9 Å². The Morgan fingerprint density at radius 2 is 2.20 bits per heavy atom. The number of aromatic nitrogens is 2. The lowest BCUT2D eigenvalue weighted by Crippen LogP contribution is -2.27. The molecule has 1 N–H and O–H groups in total. The van der Waals surface area contributed by atoms with Gasteiger partial charge >= 0.3 is 0 Å². The molecular weight excluding hydrogens is 325 g/mol. The summed E-state index contributed by atoms with van der Waals surface area (Å²) in [5.41, 5.74) is 2.23. The molecule has 0 aliphatic carbocycles. The zero-order valence-electron chi connectivity index (χ0n) is 10.7. The Kier molecular flexibility index (Phi) is 3.56. The van der Waals surface area contributed by atoms with E-state index in [2.05, 4.69) is 26.3 Å². The molecule has 0 bridgehead atoms. The van der Waals surface area contributed by atoms with Gasteiger partial charge in [0.1, 0.15) is 5.82 Å². The molecular formula is C14H13BrFN3O. The van der Waals surface area contributed by atoms with Gasteiger partial charge in [-0.15, -0.1) is 0 Å². The third-order valence-electron chi connectivity index (χ3n) is 3.24. The summed E-state index contributed by atoms with van der Waals surface area (Å²) in [5, 5.41) is 7.54. The molecule has 0 radical (unpaired) electrons. The predicted octanol–water partition coefficient (Wildman–Crippen LogP) is 2.55. The first kappa shape index (κ1) is 13.3. The number of anilines is 1. The lowest BCUT2D eigenvalue weighted by Gasteiger charge is -2.17. The Bertz CT molecular complexity index is 694. The number of benzene rings is 1. The number of hydrogen-bond acceptors (Lipinski definition) is 3. The van der Waals surface area contributed by atoms with E-state index in [-0.39, 0.29) is 17.9 Å². The number of fused-ring (bicyclic) bond motifs is 1. The standard InChI is InChI=1S/C14H13BrFN3O/c15-10-4-9(5-11(16)6-10)8-19-14(20)7-13-12(18-19)2-1-3-17-13/h4-7,17H,1-3,8H2. The Hall–Kier alpha value is -1.69. The third kappa shape index (κ3) is 2.75. The van der Waals surface area contributed by atoms with E-state index in [0.29, 0.717) is 10.0 Å². The van der Waals surface area contributed by atoms with Crippen LogP contribution in [0.5, 0.6) is 0 Å². The molecule has 2 heterocycles. The SMILES string of the molecule is O=c1cc2c(nn1Cc1cc(F)cc(Br)c1)CCCN2. The molecule has 0 fully saturated rings. The molecule has 6 heteroatoms. The lowest BCUT2D eigenvalue weighted by molar-refractivity contribution is 0.595. The molecule has 0 saturated heterocycles. The zero-order valence-corrected chi connectivity index (χ0v) is 12.3. The van der Waals surface area contributed by atoms with E-state index >= 15 is 0 Å². The van der Waals surface area contributed by atoms with Crippen LogP contribution in [0.1, 0.15) is 17.7 Å². The van der Waals surface area contributed by atoms with Gasteiger partial charge in [0.25, 0.3) is 5.56 Å². The van der Waals surface area contributed by atoms with Crippen LogP contribution < -0.4 is 10.9 Å². The maximum absolute atomic E-state index is 13.4. The van der Waals surface area contributed by atoms with Crippen LogP contribution in [0.25, 0.3) is 0 Å². The van der Waals surface area contributed by atoms with Crippen molar-refractivity contribution in [3.05, 3.63) is 56.2 Å². The summed E-state index contributed by atoms with van der Waals surface area (Å²) < 4.78 is 15.4. The Morgan fingerprint density at radius 3 is 3.00 bits per heavy atom. The van der Waals surface area contributed by atoms with E-state index in [1.807, 2.05) is 0 Å². The summed E-state index contributed by atoms with van der Waals surface area (Å²) in [6.45, 7) is 1.14. The van der Waals surface area contributed by atoms with Crippen LogP contribution in [0.15, 0.2) is 33.5 Å². The van der Waals surface area contributed by atoms with Gasteiger partial charge in [-0.25, -0.2) is 9.07 Å². The predicted molar refractivity (Wildman–Crippen MR) is 78.5 cm³/mol. The van der Waals surface area contributed by atoms with Crippen LogP contribution in [-0.2, 0) is 13.0 Å². The molecule has 0 amide bonds. The van der Waals surface area contributed by atoms with Crippen LogP contribution in [0.3, 0.4) is 0 Å². The van der Waals surface area contributed by atoms with E-state index in [9.17, 15) is 9.18 Å². The van der Waals surface area contributed by atoms with Crippen LogP contribution in [0.2, 0.25) is 0 Å². The third-order valence-corrected chi connectivity index (χ3v) is 3.69. The second-order valence-electron chi connectivity index (χ2n) is 4.81. The minimum absolute atomic E-state index is 0.182. The summed E-state index contributed by atoms with van der Waals surface area (Å²) in [4.78, 5) is 12.0. The fourth-order valence-electron chi connectivity index (χ4n) is 2.34. The van der Waals surface area contributed by atoms with E-state index in [4.69, 9.17) is 0 Å². The number of halogens is 2. The molecule has 3 rings (SSSR count). The maximum atomic E-state index is 13.4. The number of aryl methyl sites for hydroxylation is 1. The molecule has 1 aliphatic rings. The lowest BCUT2D eigenvalue weighted by atomic mass is 10.1. The van der Waals surface area contributed by atoms with E-state index in [1.54, 1.807) is 12.1 Å². The molecule has 0 spiro atoms. The van der Waals surface area contributed by atoms with Crippen molar-refractivity contribution in [1.29, 1.82) is 0 Å². The van der Waals surface area contributed by atoms with E-state index < -0.39 is 0 Å². The number of hydrogen-bond donors (Lipinski definition) is 1. The van der Waals surface area contributed by atoms with Crippen molar-refractivity contribution in [3.63, 3.8) is 0 Å². The smallest absolute Gasteiger partial charge is 0.269 e. The van der Waals surface area contributed by atoms with Crippen molar-refractivity contribution >= 4 is 21.6 Å². The first-order valence-corrected chi connectivity index (χ1v) is 7.21. The van der Waals surface area contributed by atoms with Gasteiger partial charge in [-0.2, -0.15) is 5.10 Å². The minimum Gasteiger partial charge on any atom is -0.383 e. The highest BCUT2D eigenvalue weighted by Gasteiger charge is 2.13. The highest BCUT2D eigenvalue weighted by Crippen LogP contribution is 2.18. The fourth-order valence-corrected chi connectivity index (χ4v) is 2.85. The number of nitrogens with zero attached hydrogens (tertiary/aromatic N) is 2. The molecule has 0 saturated carbocycles. The minimum atomic E-state index is -0.331. The quantitative estimate of drug-likeness (QED) is 0.916. The van der Waals surface area contributed by atoms with Crippen molar-refractivity contribution in [2.24, 2.45) is 0 Å². The van der Waals surface area contributed by atoms with Gasteiger partial charge in [0.05, 0.1) is 17.9 Å². The van der Waals surface area contributed by atoms with Crippen LogP contribution in [-0.4, -0.2) is 16.3 Å². The first-order chi connectivity index (χ1) is 9.61. The second kappa shape index (κ2) is 5.36. The second-order valence-corrected chi connectivity index (χ2v) is 5.72. The largest absolute Gasteiger partial charge is 0.383 e. The number of nitrogens with one attached hydrogen (secondary N) is 1. The van der Waals surface area contributed by atoms with Crippen molar-refractivity contribution in [1.82, 2.24) is 9.78 Å².